The Balaban J connectivity index is 1.78. The molecule has 0 radical (unpaired) electrons. The molecule has 3 aromatic rings. The molecule has 0 heterocycles. The van der Waals surface area contributed by atoms with Gasteiger partial charge in [-0.2, -0.15) is 0 Å². The predicted molar refractivity (Wildman–Crippen MR) is 121 cm³/mol. The van der Waals surface area contributed by atoms with Crippen molar-refractivity contribution in [2.45, 2.75) is 6.92 Å². The quantitative estimate of drug-likeness (QED) is 0.632. The number of benzene rings is 3. The molecule has 0 aliphatic heterocycles. The van der Waals surface area contributed by atoms with Crippen LogP contribution in [0.2, 0.25) is 0 Å². The van der Waals surface area contributed by atoms with Crippen molar-refractivity contribution >= 4 is 28.9 Å². The van der Waals surface area contributed by atoms with E-state index in [2.05, 4.69) is 10.6 Å². The third-order valence-corrected chi connectivity index (χ3v) is 4.70. The average Bonchev–Trinajstić information content (AvgIpc) is 2.75. The van der Waals surface area contributed by atoms with Crippen LogP contribution in [0.5, 0.6) is 5.75 Å². The largest absolute Gasteiger partial charge is 0.497 e. The number of hydrogen-bond donors (Lipinski definition) is 2. The Morgan fingerprint density at radius 3 is 2.27 bits per heavy atom. The van der Waals surface area contributed by atoms with Gasteiger partial charge in [0, 0.05) is 42.3 Å². The van der Waals surface area contributed by atoms with Crippen molar-refractivity contribution in [3.05, 3.63) is 83.4 Å². The first-order valence-corrected chi connectivity index (χ1v) is 9.52. The third kappa shape index (κ3) is 4.97. The van der Waals surface area contributed by atoms with Gasteiger partial charge in [0.25, 0.3) is 11.8 Å². The van der Waals surface area contributed by atoms with Crippen molar-refractivity contribution in [3.63, 3.8) is 0 Å². The fourth-order valence-electron chi connectivity index (χ4n) is 2.92. The van der Waals surface area contributed by atoms with Gasteiger partial charge in [0.1, 0.15) is 5.75 Å². The van der Waals surface area contributed by atoms with Gasteiger partial charge in [-0.1, -0.05) is 18.2 Å². The molecule has 30 heavy (non-hydrogen) atoms. The zero-order valence-corrected chi connectivity index (χ0v) is 17.5. The summed E-state index contributed by atoms with van der Waals surface area (Å²) in [4.78, 5) is 27.3. The molecule has 0 aliphatic rings. The summed E-state index contributed by atoms with van der Waals surface area (Å²) in [5.74, 6) is 0.0866. The lowest BCUT2D eigenvalue weighted by Crippen LogP contribution is -2.16. The monoisotopic (exact) mass is 403 g/mol. The van der Waals surface area contributed by atoms with E-state index in [4.69, 9.17) is 4.74 Å². The molecule has 0 fully saturated rings. The number of amides is 2. The number of anilines is 3. The third-order valence-electron chi connectivity index (χ3n) is 4.70. The number of nitrogens with zero attached hydrogens (tertiary/aromatic N) is 1. The number of nitrogens with one attached hydrogen (secondary N) is 2. The Morgan fingerprint density at radius 1 is 0.833 bits per heavy atom. The highest BCUT2D eigenvalue weighted by atomic mass is 16.5. The van der Waals surface area contributed by atoms with E-state index in [1.807, 2.05) is 56.3 Å². The number of methoxy groups -OCH3 is 1. The summed E-state index contributed by atoms with van der Waals surface area (Å²) < 4.78 is 5.17. The van der Waals surface area contributed by atoms with Gasteiger partial charge in [0.15, 0.2) is 0 Å². The maximum Gasteiger partial charge on any atom is 0.255 e. The minimum atomic E-state index is -0.270. The van der Waals surface area contributed by atoms with Crippen molar-refractivity contribution in [1.29, 1.82) is 0 Å². The van der Waals surface area contributed by atoms with E-state index >= 15 is 0 Å². The molecular weight excluding hydrogens is 378 g/mol. The average molecular weight is 403 g/mol. The minimum Gasteiger partial charge on any atom is -0.497 e. The topological polar surface area (TPSA) is 70.7 Å². The van der Waals surface area contributed by atoms with E-state index < -0.39 is 0 Å². The molecular formula is C24H25N3O3. The Morgan fingerprint density at radius 2 is 1.53 bits per heavy atom. The zero-order valence-electron chi connectivity index (χ0n) is 17.5. The summed E-state index contributed by atoms with van der Waals surface area (Å²) in [6.45, 7) is 1.88. The number of carbonyl (C=O) groups excluding carboxylic acids is 2. The standard InChI is InChI=1S/C24H25N3O3/c1-16-11-12-18(23(28)25-19-8-6-9-20(15-19)27(2)3)14-22(16)26-24(29)17-7-5-10-21(13-17)30-4/h5-15H,1-4H3,(H,25,28)(H,26,29). The number of ether oxygens (including phenoxy) is 1. The van der Waals surface area contributed by atoms with Gasteiger partial charge in [-0.15, -0.1) is 0 Å². The fourth-order valence-corrected chi connectivity index (χ4v) is 2.92. The maximum absolute atomic E-state index is 12.7. The van der Waals surface area contributed by atoms with Gasteiger partial charge in [0.2, 0.25) is 0 Å². The fraction of sp³-hybridized carbons (Fsp3) is 0.167. The van der Waals surface area contributed by atoms with Crippen LogP contribution in [0.3, 0.4) is 0 Å². The Hall–Kier alpha value is -3.80. The van der Waals surface area contributed by atoms with Gasteiger partial charge >= 0.3 is 0 Å². The highest BCUT2D eigenvalue weighted by Gasteiger charge is 2.13. The van der Waals surface area contributed by atoms with E-state index in [9.17, 15) is 9.59 Å². The zero-order chi connectivity index (χ0) is 21.7. The first-order valence-electron chi connectivity index (χ1n) is 9.52. The van der Waals surface area contributed by atoms with Crippen LogP contribution < -0.4 is 20.3 Å². The van der Waals surface area contributed by atoms with E-state index in [0.717, 1.165) is 11.3 Å². The SMILES string of the molecule is COc1cccc(C(=O)Nc2cc(C(=O)Nc3cccc(N(C)C)c3)ccc2C)c1. The molecule has 0 spiro atoms. The number of rotatable bonds is 6. The van der Waals surface area contributed by atoms with Crippen LogP contribution in [0.25, 0.3) is 0 Å². The summed E-state index contributed by atoms with van der Waals surface area (Å²) >= 11 is 0. The first-order chi connectivity index (χ1) is 14.4. The highest BCUT2D eigenvalue weighted by Crippen LogP contribution is 2.22. The van der Waals surface area contributed by atoms with Crippen LogP contribution in [0.15, 0.2) is 66.7 Å². The smallest absolute Gasteiger partial charge is 0.255 e. The highest BCUT2D eigenvalue weighted by molar-refractivity contribution is 6.08. The normalized spacial score (nSPS) is 10.3. The van der Waals surface area contributed by atoms with Gasteiger partial charge in [0.05, 0.1) is 7.11 Å². The van der Waals surface area contributed by atoms with Gasteiger partial charge in [-0.05, 0) is 61.0 Å². The summed E-state index contributed by atoms with van der Waals surface area (Å²) in [6.07, 6.45) is 0. The Bertz CT molecular complexity index is 1080. The summed E-state index contributed by atoms with van der Waals surface area (Å²) in [7, 11) is 5.44. The van der Waals surface area contributed by atoms with Crippen LogP contribution in [-0.4, -0.2) is 33.0 Å². The lowest BCUT2D eigenvalue weighted by molar-refractivity contribution is 0.101. The van der Waals surface area contributed by atoms with Crippen LogP contribution in [-0.2, 0) is 0 Å². The molecule has 2 N–H and O–H groups in total. The molecule has 0 aliphatic carbocycles. The second kappa shape index (κ2) is 9.13. The Kier molecular flexibility index (Phi) is 6.37. The lowest BCUT2D eigenvalue weighted by Gasteiger charge is -2.14. The predicted octanol–water partition coefficient (Wildman–Crippen LogP) is 4.57. The van der Waals surface area contributed by atoms with Gasteiger partial charge < -0.3 is 20.3 Å². The molecule has 3 rings (SSSR count). The molecule has 2 amide bonds. The molecule has 0 saturated carbocycles. The molecule has 3 aromatic carbocycles. The second-order valence-corrected chi connectivity index (χ2v) is 7.11. The first kappa shape index (κ1) is 20.9. The van der Waals surface area contributed by atoms with Crippen LogP contribution in [0.1, 0.15) is 26.3 Å². The number of hydrogen-bond acceptors (Lipinski definition) is 4. The molecule has 0 saturated heterocycles. The van der Waals surface area contributed by atoms with Crippen molar-refractivity contribution in [2.24, 2.45) is 0 Å². The van der Waals surface area contributed by atoms with E-state index in [1.165, 1.54) is 0 Å². The molecule has 6 heteroatoms. The van der Waals surface area contributed by atoms with Crippen molar-refractivity contribution < 1.29 is 14.3 Å². The van der Waals surface area contributed by atoms with Crippen LogP contribution in [0, 0.1) is 6.92 Å². The number of carbonyl (C=O) groups is 2. The Labute approximate surface area is 176 Å². The van der Waals surface area contributed by atoms with Crippen LogP contribution >= 0.6 is 0 Å². The van der Waals surface area contributed by atoms with Crippen molar-refractivity contribution in [2.75, 3.05) is 36.7 Å². The van der Waals surface area contributed by atoms with Crippen molar-refractivity contribution in [3.8, 4) is 5.75 Å². The molecule has 0 aromatic heterocycles. The molecule has 6 nitrogen and oxygen atoms in total. The summed E-state index contributed by atoms with van der Waals surface area (Å²) in [5.41, 5.74) is 4.06. The summed E-state index contributed by atoms with van der Waals surface area (Å²) in [5, 5.41) is 5.79. The van der Waals surface area contributed by atoms with Gasteiger partial charge in [-0.3, -0.25) is 9.59 Å². The molecule has 0 bridgehead atoms. The maximum atomic E-state index is 12.7. The second-order valence-electron chi connectivity index (χ2n) is 7.11. The van der Waals surface area contributed by atoms with E-state index in [-0.39, 0.29) is 11.8 Å². The van der Waals surface area contributed by atoms with Gasteiger partial charge in [-0.25, -0.2) is 0 Å². The minimum absolute atomic E-state index is 0.247. The van der Waals surface area contributed by atoms with Crippen molar-refractivity contribution in [1.82, 2.24) is 0 Å². The molecule has 154 valence electrons. The number of aryl methyl sites for hydroxylation is 1. The lowest BCUT2D eigenvalue weighted by atomic mass is 10.1. The van der Waals surface area contributed by atoms with E-state index in [0.29, 0.717) is 28.3 Å². The molecule has 0 atom stereocenters. The van der Waals surface area contributed by atoms with Crippen LogP contribution in [0.4, 0.5) is 17.1 Å². The van der Waals surface area contributed by atoms with E-state index in [1.54, 1.807) is 43.5 Å². The molecule has 0 unspecified atom stereocenters. The summed E-state index contributed by atoms with van der Waals surface area (Å²) in [6, 6.07) is 19.7.